The Morgan fingerprint density at radius 2 is 2.43 bits per heavy atom. The fourth-order valence-electron chi connectivity index (χ4n) is 0.206. The van der Waals surface area contributed by atoms with Crippen molar-refractivity contribution in [2.45, 2.75) is 0 Å². The summed E-state index contributed by atoms with van der Waals surface area (Å²) in [5.41, 5.74) is 0. The second-order valence-corrected chi connectivity index (χ2v) is 2.96. The van der Waals surface area contributed by atoms with E-state index < -0.39 is 0 Å². The Morgan fingerprint density at radius 1 is 1.71 bits per heavy atom. The van der Waals surface area contributed by atoms with Crippen LogP contribution in [-0.2, 0) is 19.5 Å². The molecule has 0 unspecified atom stereocenters. The molecule has 0 atom stereocenters. The van der Waals surface area contributed by atoms with Crippen LogP contribution in [0.4, 0.5) is 0 Å². The number of hydrogen-bond acceptors (Lipinski definition) is 2. The molecule has 4 heteroatoms. The Balaban J connectivity index is 0.000000360. The summed E-state index contributed by atoms with van der Waals surface area (Å²) in [5.74, 6) is 0. The van der Waals surface area contributed by atoms with Gasteiger partial charge in [0.25, 0.3) is 0 Å². The minimum Gasteiger partial charge on any atom is -0.238 e. The summed E-state index contributed by atoms with van der Waals surface area (Å²) in [6.45, 7) is 0. The van der Waals surface area contributed by atoms with Gasteiger partial charge in [0.1, 0.15) is 0 Å². The molecule has 1 aromatic rings. The van der Waals surface area contributed by atoms with E-state index in [2.05, 4.69) is 20.9 Å². The Kier molecular flexibility index (Phi) is 4.09. The van der Waals surface area contributed by atoms with Crippen LogP contribution >= 0.6 is 27.3 Å². The van der Waals surface area contributed by atoms with Crippen molar-refractivity contribution in [2.24, 2.45) is 0 Å². The van der Waals surface area contributed by atoms with Crippen molar-refractivity contribution in [1.82, 2.24) is 4.98 Å². The van der Waals surface area contributed by atoms with Crippen LogP contribution in [0.3, 0.4) is 0 Å². The van der Waals surface area contributed by atoms with E-state index in [-0.39, 0.29) is 19.5 Å². The van der Waals surface area contributed by atoms with E-state index in [0.717, 1.165) is 3.92 Å². The van der Waals surface area contributed by atoms with Gasteiger partial charge in [0, 0.05) is 31.1 Å². The van der Waals surface area contributed by atoms with Gasteiger partial charge in [0.05, 0.1) is 0 Å². The molecular formula is C3H2BrNSZn. The first-order chi connectivity index (χ1) is 2.89. The molecule has 7 heavy (non-hydrogen) atoms. The Morgan fingerprint density at radius 3 is 2.57 bits per heavy atom. The summed E-state index contributed by atoms with van der Waals surface area (Å²) in [6, 6.07) is 0. The summed E-state index contributed by atoms with van der Waals surface area (Å²) in [6.07, 6.45) is 1.76. The Bertz CT molecular complexity index is 118. The average Bonchev–Trinajstić information content (AvgIpc) is 1.86. The zero-order valence-electron chi connectivity index (χ0n) is 3.60. The molecule has 1 rings (SSSR count). The normalized spacial score (nSPS) is 7.57. The zero-order valence-corrected chi connectivity index (χ0v) is 8.96. The van der Waals surface area contributed by atoms with Crippen LogP contribution in [0.1, 0.15) is 0 Å². The summed E-state index contributed by atoms with van der Waals surface area (Å²) in [5, 5.41) is 1.92. The largest absolute Gasteiger partial charge is 0.238 e. The number of aromatic nitrogens is 1. The molecule has 0 amide bonds. The first-order valence-corrected chi connectivity index (χ1v) is 3.12. The van der Waals surface area contributed by atoms with E-state index in [9.17, 15) is 0 Å². The van der Waals surface area contributed by atoms with Gasteiger partial charge in [-0.15, -0.1) is 11.3 Å². The van der Waals surface area contributed by atoms with E-state index in [1.54, 1.807) is 17.5 Å². The van der Waals surface area contributed by atoms with Gasteiger partial charge >= 0.3 is 0 Å². The van der Waals surface area contributed by atoms with Crippen LogP contribution in [0, 0.1) is 0 Å². The maximum absolute atomic E-state index is 3.85. The topological polar surface area (TPSA) is 12.9 Å². The monoisotopic (exact) mass is 227 g/mol. The molecule has 34 valence electrons. The van der Waals surface area contributed by atoms with Gasteiger partial charge in [-0.25, -0.2) is 4.98 Å². The van der Waals surface area contributed by atoms with E-state index in [1.807, 2.05) is 5.38 Å². The van der Waals surface area contributed by atoms with Crippen LogP contribution in [0.25, 0.3) is 0 Å². The summed E-state index contributed by atoms with van der Waals surface area (Å²) >= 11 is 4.77. The van der Waals surface area contributed by atoms with Gasteiger partial charge in [-0.05, 0) is 15.9 Å². The maximum Gasteiger partial charge on any atom is 0.159 e. The van der Waals surface area contributed by atoms with Crippen molar-refractivity contribution in [3.05, 3.63) is 15.5 Å². The van der Waals surface area contributed by atoms with Crippen molar-refractivity contribution in [2.75, 3.05) is 0 Å². The van der Waals surface area contributed by atoms with E-state index in [0.29, 0.717) is 0 Å². The molecule has 1 nitrogen and oxygen atoms in total. The van der Waals surface area contributed by atoms with Crippen LogP contribution in [0.2, 0.25) is 0 Å². The van der Waals surface area contributed by atoms with Gasteiger partial charge in [0.15, 0.2) is 3.92 Å². The number of hydrogen-bond donors (Lipinski definition) is 0. The molecule has 0 fully saturated rings. The number of halogens is 1. The first kappa shape index (κ1) is 7.73. The van der Waals surface area contributed by atoms with Crippen LogP contribution < -0.4 is 0 Å². The minimum atomic E-state index is 0. The second kappa shape index (κ2) is 3.70. The van der Waals surface area contributed by atoms with Gasteiger partial charge in [-0.2, -0.15) is 0 Å². The molecule has 0 saturated carbocycles. The minimum absolute atomic E-state index is 0. The Hall–Kier alpha value is 0.733. The van der Waals surface area contributed by atoms with Crippen LogP contribution in [-0.4, -0.2) is 4.98 Å². The predicted molar refractivity (Wildman–Crippen MR) is 29.8 cm³/mol. The van der Waals surface area contributed by atoms with E-state index >= 15 is 0 Å². The average molecular weight is 229 g/mol. The predicted octanol–water partition coefficient (Wildman–Crippen LogP) is 1.90. The molecule has 0 aliphatic carbocycles. The fraction of sp³-hybridized carbons (Fsp3) is 0. The SMILES string of the molecule is Brc1nccs1.[Zn]. The van der Waals surface area contributed by atoms with E-state index in [4.69, 9.17) is 0 Å². The zero-order chi connectivity index (χ0) is 4.41. The standard InChI is InChI=1S/C3H2BrNS.Zn/c4-3-5-1-2-6-3;/h1-2H;. The molecule has 0 aliphatic heterocycles. The molecule has 0 saturated heterocycles. The fourth-order valence-corrected chi connectivity index (χ4v) is 1.00. The van der Waals surface area contributed by atoms with Crippen LogP contribution in [0.5, 0.6) is 0 Å². The first-order valence-electron chi connectivity index (χ1n) is 1.44. The molecule has 0 radical (unpaired) electrons. The molecule has 0 aliphatic rings. The van der Waals surface area contributed by atoms with Crippen molar-refractivity contribution in [1.29, 1.82) is 0 Å². The van der Waals surface area contributed by atoms with Gasteiger partial charge in [-0.1, -0.05) is 0 Å². The van der Waals surface area contributed by atoms with E-state index in [1.165, 1.54) is 0 Å². The van der Waals surface area contributed by atoms with Crippen molar-refractivity contribution in [3.63, 3.8) is 0 Å². The number of nitrogens with zero attached hydrogens (tertiary/aromatic N) is 1. The molecule has 1 aromatic heterocycles. The quantitative estimate of drug-likeness (QED) is 0.619. The summed E-state index contributed by atoms with van der Waals surface area (Å²) < 4.78 is 0.947. The molecule has 0 bridgehead atoms. The number of thiazole rings is 1. The molecular weight excluding hydrogens is 227 g/mol. The third-order valence-corrected chi connectivity index (χ3v) is 1.73. The molecule has 0 spiro atoms. The summed E-state index contributed by atoms with van der Waals surface area (Å²) in [4.78, 5) is 3.85. The number of rotatable bonds is 0. The van der Waals surface area contributed by atoms with Crippen molar-refractivity contribution in [3.8, 4) is 0 Å². The Labute approximate surface area is 67.0 Å². The molecule has 1 heterocycles. The van der Waals surface area contributed by atoms with Crippen molar-refractivity contribution < 1.29 is 19.5 Å². The molecule has 0 aromatic carbocycles. The van der Waals surface area contributed by atoms with Gasteiger partial charge in [0.2, 0.25) is 0 Å². The van der Waals surface area contributed by atoms with Gasteiger partial charge < -0.3 is 0 Å². The van der Waals surface area contributed by atoms with Crippen molar-refractivity contribution >= 4 is 27.3 Å². The summed E-state index contributed by atoms with van der Waals surface area (Å²) in [7, 11) is 0. The molecule has 0 N–H and O–H groups in total. The second-order valence-electron chi connectivity index (χ2n) is 0.785. The van der Waals surface area contributed by atoms with Crippen LogP contribution in [0.15, 0.2) is 15.5 Å². The van der Waals surface area contributed by atoms with Gasteiger partial charge in [-0.3, -0.25) is 0 Å². The third-order valence-electron chi connectivity index (χ3n) is 0.402. The maximum atomic E-state index is 3.85. The smallest absolute Gasteiger partial charge is 0.159 e. The third kappa shape index (κ3) is 2.52.